The summed E-state index contributed by atoms with van der Waals surface area (Å²) in [6.07, 6.45) is 10.5. The van der Waals surface area contributed by atoms with E-state index in [2.05, 4.69) is 10.3 Å². The number of aliphatic hydroxyl groups excluding tert-OH is 1. The third kappa shape index (κ3) is 4.01. The summed E-state index contributed by atoms with van der Waals surface area (Å²) in [7, 11) is 1.90. The van der Waals surface area contributed by atoms with E-state index in [-0.39, 0.29) is 41.9 Å². The Hall–Kier alpha value is -3.20. The predicted molar refractivity (Wildman–Crippen MR) is 130 cm³/mol. The van der Waals surface area contributed by atoms with Crippen LogP contribution in [-0.2, 0) is 29.6 Å². The van der Waals surface area contributed by atoms with Crippen LogP contribution in [0, 0.1) is 17.8 Å². The van der Waals surface area contributed by atoms with Gasteiger partial charge in [0.1, 0.15) is 6.04 Å². The third-order valence-electron chi connectivity index (χ3n) is 7.87. The summed E-state index contributed by atoms with van der Waals surface area (Å²) < 4.78 is 3.58. The lowest BCUT2D eigenvalue weighted by Gasteiger charge is -2.36. The average Bonchev–Trinajstić information content (AvgIpc) is 3.47. The van der Waals surface area contributed by atoms with Gasteiger partial charge >= 0.3 is 0 Å². The minimum Gasteiger partial charge on any atom is -0.396 e. The lowest BCUT2D eigenvalue weighted by molar-refractivity contribution is -0.147. The summed E-state index contributed by atoms with van der Waals surface area (Å²) in [6.45, 7) is 2.43. The molecule has 2 amide bonds. The van der Waals surface area contributed by atoms with E-state index in [1.807, 2.05) is 36.9 Å². The van der Waals surface area contributed by atoms with E-state index in [0.717, 1.165) is 30.7 Å². The molecule has 0 radical (unpaired) electrons. The van der Waals surface area contributed by atoms with E-state index in [1.54, 1.807) is 27.9 Å². The van der Waals surface area contributed by atoms with E-state index < -0.39 is 12.0 Å². The first-order valence-electron chi connectivity index (χ1n) is 12.5. The summed E-state index contributed by atoms with van der Waals surface area (Å²) in [5.41, 5.74) is 2.13. The van der Waals surface area contributed by atoms with Crippen molar-refractivity contribution < 1.29 is 14.7 Å². The molecule has 0 bridgehead atoms. The second kappa shape index (κ2) is 9.45. The molecule has 35 heavy (non-hydrogen) atoms. The molecule has 2 aliphatic heterocycles. The Labute approximate surface area is 204 Å². The van der Waals surface area contributed by atoms with Crippen LogP contribution in [0.3, 0.4) is 0 Å². The molecule has 1 saturated heterocycles. The van der Waals surface area contributed by atoms with E-state index >= 15 is 0 Å². The number of imidazole rings is 1. The largest absolute Gasteiger partial charge is 0.396 e. The maximum absolute atomic E-state index is 13.7. The zero-order chi connectivity index (χ0) is 24.7. The Balaban J connectivity index is 1.45. The van der Waals surface area contributed by atoms with Crippen LogP contribution in [0.25, 0.3) is 6.08 Å². The summed E-state index contributed by atoms with van der Waals surface area (Å²) in [4.78, 5) is 46.3. The van der Waals surface area contributed by atoms with Crippen molar-refractivity contribution in [1.29, 1.82) is 0 Å². The van der Waals surface area contributed by atoms with Crippen LogP contribution < -0.4 is 10.9 Å². The van der Waals surface area contributed by atoms with Crippen molar-refractivity contribution >= 4 is 17.9 Å². The quantitative estimate of drug-likeness (QED) is 0.622. The Morgan fingerprint density at radius 3 is 2.71 bits per heavy atom. The van der Waals surface area contributed by atoms with E-state index in [9.17, 15) is 19.5 Å². The topological polar surface area (TPSA) is 109 Å². The van der Waals surface area contributed by atoms with Gasteiger partial charge in [-0.2, -0.15) is 0 Å². The fourth-order valence-corrected chi connectivity index (χ4v) is 5.93. The summed E-state index contributed by atoms with van der Waals surface area (Å²) in [5.74, 6) is -1.01. The first-order valence-corrected chi connectivity index (χ1v) is 12.5. The molecule has 3 aliphatic rings. The maximum Gasteiger partial charge on any atom is 0.258 e. The molecule has 5 rings (SSSR count). The number of aromatic nitrogens is 3. The van der Waals surface area contributed by atoms with E-state index in [1.165, 1.54) is 0 Å². The number of carbonyl (C=O) groups is 2. The van der Waals surface area contributed by atoms with Gasteiger partial charge in [-0.1, -0.05) is 18.6 Å². The number of fused-ring (bicyclic) bond motifs is 3. The number of pyridine rings is 1. The number of aliphatic hydroxyl groups is 1. The fourth-order valence-electron chi connectivity index (χ4n) is 5.93. The summed E-state index contributed by atoms with van der Waals surface area (Å²) in [5, 5.41) is 13.4. The highest BCUT2D eigenvalue weighted by atomic mass is 16.3. The normalized spacial score (nSPS) is 25.5. The lowest BCUT2D eigenvalue weighted by atomic mass is 9.84. The van der Waals surface area contributed by atoms with Crippen LogP contribution in [-0.4, -0.2) is 55.1 Å². The molecule has 9 heteroatoms. The van der Waals surface area contributed by atoms with Gasteiger partial charge in [0.05, 0.1) is 18.1 Å². The van der Waals surface area contributed by atoms with Gasteiger partial charge in [0.15, 0.2) is 0 Å². The highest BCUT2D eigenvalue weighted by Gasteiger charge is 2.58. The van der Waals surface area contributed by atoms with Crippen molar-refractivity contribution in [3.05, 3.63) is 58.0 Å². The van der Waals surface area contributed by atoms with Gasteiger partial charge in [-0.3, -0.25) is 14.4 Å². The van der Waals surface area contributed by atoms with Crippen LogP contribution in [0.4, 0.5) is 0 Å². The summed E-state index contributed by atoms with van der Waals surface area (Å²) >= 11 is 0. The fraction of sp³-hybridized carbons (Fsp3) is 0.538. The van der Waals surface area contributed by atoms with Gasteiger partial charge in [0.25, 0.3) is 5.56 Å². The Morgan fingerprint density at radius 1 is 1.29 bits per heavy atom. The van der Waals surface area contributed by atoms with E-state index in [0.29, 0.717) is 25.1 Å². The second-order valence-electron chi connectivity index (χ2n) is 9.97. The molecule has 1 saturated carbocycles. The molecule has 4 heterocycles. The molecule has 0 unspecified atom stereocenters. The molecule has 4 atom stereocenters. The van der Waals surface area contributed by atoms with Crippen molar-refractivity contribution in [2.45, 2.75) is 51.2 Å². The molecule has 2 fully saturated rings. The summed E-state index contributed by atoms with van der Waals surface area (Å²) in [6, 6.07) is 2.54. The molecule has 186 valence electrons. The molecule has 2 N–H and O–H groups in total. The molecular formula is C26H33N5O4. The number of likely N-dealkylation sites (tertiary alicyclic amines) is 1. The van der Waals surface area contributed by atoms with Crippen molar-refractivity contribution in [2.24, 2.45) is 24.8 Å². The number of hydrogen-bond donors (Lipinski definition) is 2. The number of rotatable bonds is 7. The predicted octanol–water partition coefficient (Wildman–Crippen LogP) is 1.26. The molecule has 2 aromatic heterocycles. The SMILES string of the molecule is C/C=C\c1ccc2n(c1=O)C[C@H]1[C@H](CO)[C@@H](C(=O)NCCc3cn(C)cn3)N(C(=O)C3CCC3)[C@@H]21. The first-order chi connectivity index (χ1) is 16.9. The second-order valence-corrected chi connectivity index (χ2v) is 9.97. The lowest BCUT2D eigenvalue weighted by Crippen LogP contribution is -2.52. The number of amides is 2. The van der Waals surface area contributed by atoms with Crippen LogP contribution >= 0.6 is 0 Å². The highest BCUT2D eigenvalue weighted by molar-refractivity contribution is 5.90. The molecule has 9 nitrogen and oxygen atoms in total. The van der Waals surface area contributed by atoms with Crippen LogP contribution in [0.2, 0.25) is 0 Å². The first kappa shape index (κ1) is 23.5. The van der Waals surface area contributed by atoms with Crippen molar-refractivity contribution in [3.8, 4) is 0 Å². The van der Waals surface area contributed by atoms with Crippen molar-refractivity contribution in [2.75, 3.05) is 13.2 Å². The van der Waals surface area contributed by atoms with Crippen molar-refractivity contribution in [3.63, 3.8) is 0 Å². The van der Waals surface area contributed by atoms with Crippen LogP contribution in [0.1, 0.15) is 49.2 Å². The van der Waals surface area contributed by atoms with Gasteiger partial charge in [0, 0.05) is 68.4 Å². The zero-order valence-electron chi connectivity index (χ0n) is 20.3. The van der Waals surface area contributed by atoms with Gasteiger partial charge in [-0.25, -0.2) is 4.98 Å². The Kier molecular flexibility index (Phi) is 6.35. The van der Waals surface area contributed by atoms with E-state index in [4.69, 9.17) is 0 Å². The molecule has 1 aliphatic carbocycles. The van der Waals surface area contributed by atoms with Gasteiger partial charge in [-0.05, 0) is 31.9 Å². The highest BCUT2D eigenvalue weighted by Crippen LogP contribution is 2.50. The number of nitrogens with zero attached hydrogens (tertiary/aromatic N) is 4. The number of carbonyl (C=O) groups excluding carboxylic acids is 2. The maximum atomic E-state index is 13.7. The van der Waals surface area contributed by atoms with Gasteiger partial charge < -0.3 is 24.5 Å². The van der Waals surface area contributed by atoms with Crippen LogP contribution in [0.15, 0.2) is 35.5 Å². The standard InChI is InChI=1S/C26H33N5O4/c1-3-5-16-8-9-21-22-19(13-30(21)25(16)34)20(14-32)23(31(22)26(35)17-6-4-7-17)24(33)27-11-10-18-12-29(2)15-28-18/h3,5,8-9,12,15,17,19-20,22-23,32H,4,6-7,10-11,13-14H2,1-2H3,(H,27,33)/b5-3-/t19-,20-,22+,23-/m0/s1. The third-order valence-corrected chi connectivity index (χ3v) is 7.87. The van der Waals surface area contributed by atoms with Gasteiger partial charge in [-0.15, -0.1) is 0 Å². The number of hydrogen-bond acceptors (Lipinski definition) is 5. The smallest absolute Gasteiger partial charge is 0.258 e. The Morgan fingerprint density at radius 2 is 2.09 bits per heavy atom. The average molecular weight is 480 g/mol. The van der Waals surface area contributed by atoms with Crippen LogP contribution in [0.5, 0.6) is 0 Å². The monoisotopic (exact) mass is 479 g/mol. The van der Waals surface area contributed by atoms with Gasteiger partial charge in [0.2, 0.25) is 11.8 Å². The molecule has 2 aromatic rings. The minimum absolute atomic E-state index is 0.0366. The van der Waals surface area contributed by atoms with Crippen molar-refractivity contribution in [1.82, 2.24) is 24.3 Å². The number of allylic oxidation sites excluding steroid dienone is 1. The molecular weight excluding hydrogens is 446 g/mol. The number of aryl methyl sites for hydroxylation is 1. The molecule has 0 spiro atoms. The number of nitrogens with one attached hydrogen (secondary N) is 1. The minimum atomic E-state index is -0.758. The Bertz CT molecular complexity index is 1210. The zero-order valence-corrected chi connectivity index (χ0v) is 20.3. The molecule has 0 aromatic carbocycles.